The van der Waals surface area contributed by atoms with Crippen molar-refractivity contribution >= 4 is 21.1 Å². The van der Waals surface area contributed by atoms with Crippen LogP contribution in [0, 0.1) is 0 Å². The fourth-order valence-electron chi connectivity index (χ4n) is 1.46. The molecule has 0 saturated carbocycles. The van der Waals surface area contributed by atoms with Crippen molar-refractivity contribution in [1.29, 1.82) is 0 Å². The molecule has 0 aromatic heterocycles. The van der Waals surface area contributed by atoms with Gasteiger partial charge in [-0.3, -0.25) is 13.9 Å². The van der Waals surface area contributed by atoms with Gasteiger partial charge in [-0.15, -0.1) is 0 Å². The Labute approximate surface area is 109 Å². The van der Waals surface area contributed by atoms with Crippen LogP contribution in [0.5, 0.6) is 0 Å². The maximum absolute atomic E-state index is 11.3. The molecule has 0 aliphatic heterocycles. The zero-order chi connectivity index (χ0) is 15.5. The Bertz CT molecular complexity index is 416. The third kappa shape index (κ3) is 3.97. The van der Waals surface area contributed by atoms with Crippen LogP contribution in [0.1, 0.15) is 19.8 Å². The van der Waals surface area contributed by atoms with Crippen molar-refractivity contribution in [3.63, 3.8) is 0 Å². The minimum absolute atomic E-state index is 0.213. The van der Waals surface area contributed by atoms with E-state index < -0.39 is 32.2 Å². The number of carbonyl (C=O) groups excluding carboxylic acids is 1. The first-order valence-corrected chi connectivity index (χ1v) is 8.40. The molecule has 0 rings (SSSR count). The van der Waals surface area contributed by atoms with E-state index in [-0.39, 0.29) is 12.8 Å². The SMILES string of the molecule is C=CC(=O)NC(CCC)C(O)(P(=O)(O)O)P(=O)(O)O. The van der Waals surface area contributed by atoms with Crippen LogP contribution in [0.15, 0.2) is 12.7 Å². The second-order valence-corrected chi connectivity index (χ2v) is 7.72. The van der Waals surface area contributed by atoms with E-state index in [0.29, 0.717) is 0 Å². The summed E-state index contributed by atoms with van der Waals surface area (Å²) in [5.74, 6) is -0.918. The number of amides is 1. The Hall–Kier alpha value is -0.530. The van der Waals surface area contributed by atoms with Gasteiger partial charge in [-0.2, -0.15) is 0 Å². The van der Waals surface area contributed by atoms with Crippen molar-refractivity contribution < 1.29 is 38.6 Å². The first-order valence-electron chi connectivity index (χ1n) is 5.18. The third-order valence-electron chi connectivity index (χ3n) is 2.40. The summed E-state index contributed by atoms with van der Waals surface area (Å²) in [6, 6.07) is -1.82. The fourth-order valence-corrected chi connectivity index (χ4v) is 4.01. The average molecular weight is 317 g/mol. The van der Waals surface area contributed by atoms with Gasteiger partial charge in [0.1, 0.15) is 0 Å². The van der Waals surface area contributed by atoms with Crippen LogP contribution in [0.3, 0.4) is 0 Å². The molecular weight excluding hydrogens is 300 g/mol. The first kappa shape index (κ1) is 18.5. The monoisotopic (exact) mass is 317 g/mol. The maximum Gasteiger partial charge on any atom is 0.371 e. The van der Waals surface area contributed by atoms with Crippen LogP contribution in [0.25, 0.3) is 0 Å². The molecule has 0 aliphatic carbocycles. The van der Waals surface area contributed by atoms with E-state index in [1.165, 1.54) is 0 Å². The normalized spacial score (nSPS) is 14.8. The lowest BCUT2D eigenvalue weighted by molar-refractivity contribution is -0.118. The van der Waals surface area contributed by atoms with E-state index in [1.54, 1.807) is 6.92 Å². The van der Waals surface area contributed by atoms with Crippen LogP contribution in [0.2, 0.25) is 0 Å². The lowest BCUT2D eigenvalue weighted by Gasteiger charge is -2.36. The zero-order valence-electron chi connectivity index (χ0n) is 10.1. The molecule has 1 unspecified atom stereocenters. The van der Waals surface area contributed by atoms with Crippen LogP contribution in [0.4, 0.5) is 0 Å². The predicted octanol–water partition coefficient (Wildman–Crippen LogP) is -0.541. The van der Waals surface area contributed by atoms with E-state index in [1.807, 2.05) is 5.32 Å². The topological polar surface area (TPSA) is 164 Å². The van der Waals surface area contributed by atoms with Crippen molar-refractivity contribution in [1.82, 2.24) is 5.32 Å². The molecule has 1 atom stereocenters. The molecule has 19 heavy (non-hydrogen) atoms. The largest absolute Gasteiger partial charge is 0.371 e. The van der Waals surface area contributed by atoms with Gasteiger partial charge in [0, 0.05) is 0 Å². The molecule has 0 radical (unpaired) electrons. The van der Waals surface area contributed by atoms with Crippen molar-refractivity contribution in [3.8, 4) is 0 Å². The number of aliphatic hydroxyl groups is 1. The van der Waals surface area contributed by atoms with Gasteiger partial charge in [-0.25, -0.2) is 0 Å². The minimum Gasteiger partial charge on any atom is -0.366 e. The van der Waals surface area contributed by atoms with E-state index >= 15 is 0 Å². The molecule has 0 fully saturated rings. The van der Waals surface area contributed by atoms with Crippen LogP contribution in [-0.4, -0.2) is 41.7 Å². The molecule has 112 valence electrons. The van der Waals surface area contributed by atoms with Crippen LogP contribution in [-0.2, 0) is 13.9 Å². The average Bonchev–Trinajstić information content (AvgIpc) is 2.24. The number of hydrogen-bond donors (Lipinski definition) is 6. The molecule has 9 nitrogen and oxygen atoms in total. The van der Waals surface area contributed by atoms with Gasteiger partial charge < -0.3 is 30.0 Å². The summed E-state index contributed by atoms with van der Waals surface area (Å²) in [6.07, 6.45) is 0.721. The Morgan fingerprint density at radius 2 is 1.74 bits per heavy atom. The predicted molar refractivity (Wildman–Crippen MR) is 66.1 cm³/mol. The van der Waals surface area contributed by atoms with Gasteiger partial charge >= 0.3 is 15.2 Å². The molecule has 0 aliphatic rings. The molecular formula is C8H17NO8P2. The molecule has 11 heteroatoms. The Balaban J connectivity index is 5.79. The van der Waals surface area contributed by atoms with Gasteiger partial charge in [0.15, 0.2) is 0 Å². The number of carbonyl (C=O) groups is 1. The van der Waals surface area contributed by atoms with E-state index in [4.69, 9.17) is 19.6 Å². The molecule has 0 aromatic carbocycles. The Kier molecular flexibility index (Phi) is 6.10. The third-order valence-corrected chi connectivity index (χ3v) is 6.31. The number of nitrogens with one attached hydrogen (secondary N) is 1. The number of hydrogen-bond acceptors (Lipinski definition) is 4. The lowest BCUT2D eigenvalue weighted by Crippen LogP contribution is -2.51. The van der Waals surface area contributed by atoms with Gasteiger partial charge in [0.25, 0.3) is 5.08 Å². The van der Waals surface area contributed by atoms with Crippen molar-refractivity contribution in [2.75, 3.05) is 0 Å². The molecule has 0 aromatic rings. The van der Waals surface area contributed by atoms with E-state index in [0.717, 1.165) is 6.08 Å². The molecule has 0 bridgehead atoms. The standard InChI is InChI=1S/C8H17NO8P2/c1-3-5-6(9-7(10)4-2)8(11,18(12,13)14)19(15,16)17/h4,6,11H,2-3,5H2,1H3,(H,9,10)(H2,12,13,14)(H2,15,16,17). The summed E-state index contributed by atoms with van der Waals surface area (Å²) in [5.41, 5.74) is 0. The van der Waals surface area contributed by atoms with E-state index in [2.05, 4.69) is 6.58 Å². The zero-order valence-corrected chi connectivity index (χ0v) is 11.9. The summed E-state index contributed by atoms with van der Waals surface area (Å²) >= 11 is 0. The summed E-state index contributed by atoms with van der Waals surface area (Å²) in [7, 11) is -11.2. The summed E-state index contributed by atoms with van der Waals surface area (Å²) in [6.45, 7) is 4.65. The van der Waals surface area contributed by atoms with Crippen LogP contribution < -0.4 is 5.32 Å². The molecule has 0 saturated heterocycles. The second-order valence-electron chi connectivity index (χ2n) is 3.83. The highest BCUT2D eigenvalue weighted by atomic mass is 31.2. The van der Waals surface area contributed by atoms with Gasteiger partial charge in [-0.05, 0) is 12.5 Å². The highest BCUT2D eigenvalue weighted by Crippen LogP contribution is 2.69. The van der Waals surface area contributed by atoms with Gasteiger partial charge in [0.05, 0.1) is 6.04 Å². The number of rotatable bonds is 7. The van der Waals surface area contributed by atoms with Crippen molar-refractivity contribution in [2.24, 2.45) is 0 Å². The Morgan fingerprint density at radius 1 is 1.32 bits per heavy atom. The molecule has 6 N–H and O–H groups in total. The fraction of sp³-hybridized carbons (Fsp3) is 0.625. The first-order chi connectivity index (χ1) is 8.41. The van der Waals surface area contributed by atoms with Crippen LogP contribution >= 0.6 is 15.2 Å². The van der Waals surface area contributed by atoms with E-state index in [9.17, 15) is 19.0 Å². The Morgan fingerprint density at radius 3 is 2.00 bits per heavy atom. The maximum atomic E-state index is 11.3. The summed E-state index contributed by atoms with van der Waals surface area (Å²) in [5, 5.41) is 8.10. The quantitative estimate of drug-likeness (QED) is 0.269. The highest BCUT2D eigenvalue weighted by molar-refractivity contribution is 7.72. The minimum atomic E-state index is -5.62. The summed E-state index contributed by atoms with van der Waals surface area (Å²) < 4.78 is 22.5. The lowest BCUT2D eigenvalue weighted by atomic mass is 10.1. The molecule has 1 amide bonds. The molecule has 0 spiro atoms. The second kappa shape index (κ2) is 6.28. The van der Waals surface area contributed by atoms with Gasteiger partial charge in [-0.1, -0.05) is 19.9 Å². The smallest absolute Gasteiger partial charge is 0.366 e. The van der Waals surface area contributed by atoms with Crippen molar-refractivity contribution in [2.45, 2.75) is 30.9 Å². The van der Waals surface area contributed by atoms with Crippen molar-refractivity contribution in [3.05, 3.63) is 12.7 Å². The molecule has 0 heterocycles. The summed E-state index contributed by atoms with van der Waals surface area (Å²) in [4.78, 5) is 47.3. The highest BCUT2D eigenvalue weighted by Gasteiger charge is 2.64. The van der Waals surface area contributed by atoms with Gasteiger partial charge in [0.2, 0.25) is 5.91 Å².